The molecule has 1 nitrogen and oxygen atoms in total. The van der Waals surface area contributed by atoms with E-state index in [-0.39, 0.29) is 0 Å². The Morgan fingerprint density at radius 3 is 1.96 bits per heavy atom. The summed E-state index contributed by atoms with van der Waals surface area (Å²) in [5.74, 6) is 2.72. The van der Waals surface area contributed by atoms with E-state index in [1.807, 2.05) is 0 Å². The predicted molar refractivity (Wildman–Crippen MR) is 120 cm³/mol. The number of benzene rings is 2. The van der Waals surface area contributed by atoms with Crippen LogP contribution in [0.15, 0.2) is 48.5 Å². The maximum atomic E-state index is 5.85. The first-order chi connectivity index (χ1) is 13.7. The summed E-state index contributed by atoms with van der Waals surface area (Å²) in [5, 5.41) is 0. The SMILES string of the molecule is CCCCCCOc1ccc(CCc2ccc([C@H]3CC[C@H](C)CC3)cc2)cc1. The standard InChI is InChI=1S/C27H38O/c1-3-4-5-6-21-28-27-19-13-24(14-20-27)10-9-23-11-17-26(18-12-23)25-15-7-22(2)8-16-25/h11-14,17-20,22,25H,3-10,15-16,21H2,1-2H3/t22-,25-. The van der Waals surface area contributed by atoms with Crippen LogP contribution in [-0.2, 0) is 12.8 Å². The van der Waals surface area contributed by atoms with Crippen molar-refractivity contribution in [3.63, 3.8) is 0 Å². The number of unbranched alkanes of at least 4 members (excludes halogenated alkanes) is 3. The predicted octanol–water partition coefficient (Wildman–Crippen LogP) is 7.72. The fourth-order valence-corrected chi connectivity index (χ4v) is 4.31. The normalized spacial score (nSPS) is 19.5. The lowest BCUT2D eigenvalue weighted by molar-refractivity contribution is 0.305. The summed E-state index contributed by atoms with van der Waals surface area (Å²) in [6.07, 6.45) is 12.7. The van der Waals surface area contributed by atoms with Crippen molar-refractivity contribution in [3.8, 4) is 5.75 Å². The molecule has 1 aliphatic rings. The molecule has 1 heteroatoms. The van der Waals surface area contributed by atoms with E-state index in [9.17, 15) is 0 Å². The van der Waals surface area contributed by atoms with Gasteiger partial charge in [-0.2, -0.15) is 0 Å². The molecule has 0 unspecified atom stereocenters. The van der Waals surface area contributed by atoms with Crippen molar-refractivity contribution in [2.24, 2.45) is 5.92 Å². The van der Waals surface area contributed by atoms with Gasteiger partial charge >= 0.3 is 0 Å². The fourth-order valence-electron chi connectivity index (χ4n) is 4.31. The number of aryl methyl sites for hydroxylation is 2. The first kappa shape index (κ1) is 21.0. The lowest BCUT2D eigenvalue weighted by Gasteiger charge is -2.26. The lowest BCUT2D eigenvalue weighted by Crippen LogP contribution is -2.10. The number of ether oxygens (including phenoxy) is 1. The molecule has 0 N–H and O–H groups in total. The molecular weight excluding hydrogens is 340 g/mol. The summed E-state index contributed by atoms with van der Waals surface area (Å²) in [6, 6.07) is 18.2. The fraction of sp³-hybridized carbons (Fsp3) is 0.556. The van der Waals surface area contributed by atoms with E-state index in [0.717, 1.165) is 43.5 Å². The van der Waals surface area contributed by atoms with Gasteiger partial charge in [-0.15, -0.1) is 0 Å². The van der Waals surface area contributed by atoms with Crippen LogP contribution < -0.4 is 4.74 Å². The van der Waals surface area contributed by atoms with Crippen LogP contribution in [0.25, 0.3) is 0 Å². The van der Waals surface area contributed by atoms with E-state index >= 15 is 0 Å². The second-order valence-electron chi connectivity index (χ2n) is 8.75. The van der Waals surface area contributed by atoms with Crippen LogP contribution in [0.3, 0.4) is 0 Å². The monoisotopic (exact) mass is 378 g/mol. The van der Waals surface area contributed by atoms with Gasteiger partial charge in [0.2, 0.25) is 0 Å². The van der Waals surface area contributed by atoms with Crippen molar-refractivity contribution in [2.75, 3.05) is 6.61 Å². The smallest absolute Gasteiger partial charge is 0.119 e. The Morgan fingerprint density at radius 2 is 1.36 bits per heavy atom. The highest BCUT2D eigenvalue weighted by Gasteiger charge is 2.19. The second kappa shape index (κ2) is 11.3. The third kappa shape index (κ3) is 6.69. The highest BCUT2D eigenvalue weighted by Crippen LogP contribution is 2.35. The van der Waals surface area contributed by atoms with Gasteiger partial charge in [0.1, 0.15) is 5.75 Å². The Bertz CT molecular complexity index is 662. The van der Waals surface area contributed by atoms with Crippen molar-refractivity contribution >= 4 is 0 Å². The molecule has 28 heavy (non-hydrogen) atoms. The quantitative estimate of drug-likeness (QED) is 0.384. The van der Waals surface area contributed by atoms with Gasteiger partial charge in [-0.25, -0.2) is 0 Å². The van der Waals surface area contributed by atoms with Gasteiger partial charge in [0.25, 0.3) is 0 Å². The van der Waals surface area contributed by atoms with Crippen LogP contribution in [0.5, 0.6) is 5.75 Å². The molecule has 2 aromatic rings. The van der Waals surface area contributed by atoms with Crippen LogP contribution in [0.4, 0.5) is 0 Å². The molecule has 0 aliphatic heterocycles. The Balaban J connectivity index is 1.41. The van der Waals surface area contributed by atoms with Crippen LogP contribution in [0, 0.1) is 5.92 Å². The van der Waals surface area contributed by atoms with E-state index in [0.29, 0.717) is 0 Å². The van der Waals surface area contributed by atoms with Crippen LogP contribution >= 0.6 is 0 Å². The molecule has 0 amide bonds. The number of hydrogen-bond donors (Lipinski definition) is 0. The molecule has 1 aliphatic carbocycles. The zero-order chi connectivity index (χ0) is 19.6. The van der Waals surface area contributed by atoms with Crippen molar-refractivity contribution in [1.82, 2.24) is 0 Å². The molecule has 0 bridgehead atoms. The van der Waals surface area contributed by atoms with Crippen LogP contribution in [-0.4, -0.2) is 6.61 Å². The van der Waals surface area contributed by atoms with E-state index in [1.165, 1.54) is 56.1 Å². The Morgan fingerprint density at radius 1 is 0.750 bits per heavy atom. The molecule has 1 saturated carbocycles. The molecule has 0 radical (unpaired) electrons. The van der Waals surface area contributed by atoms with Gasteiger partial charge in [-0.05, 0) is 72.8 Å². The summed E-state index contributed by atoms with van der Waals surface area (Å²) in [5.41, 5.74) is 4.39. The Kier molecular flexibility index (Phi) is 8.45. The van der Waals surface area contributed by atoms with Gasteiger partial charge < -0.3 is 4.74 Å². The van der Waals surface area contributed by atoms with E-state index < -0.39 is 0 Å². The summed E-state index contributed by atoms with van der Waals surface area (Å²) >= 11 is 0. The minimum Gasteiger partial charge on any atom is -0.494 e. The van der Waals surface area contributed by atoms with Gasteiger partial charge in [0.05, 0.1) is 6.61 Å². The first-order valence-corrected chi connectivity index (χ1v) is 11.5. The Labute approximate surface area is 172 Å². The van der Waals surface area contributed by atoms with Gasteiger partial charge in [-0.1, -0.05) is 82.3 Å². The molecule has 152 valence electrons. The van der Waals surface area contributed by atoms with Crippen molar-refractivity contribution < 1.29 is 4.74 Å². The maximum Gasteiger partial charge on any atom is 0.119 e. The third-order valence-corrected chi connectivity index (χ3v) is 6.36. The minimum absolute atomic E-state index is 0.791. The summed E-state index contributed by atoms with van der Waals surface area (Å²) in [4.78, 5) is 0. The molecular formula is C27H38O. The zero-order valence-electron chi connectivity index (χ0n) is 18.0. The molecule has 3 rings (SSSR count). The van der Waals surface area contributed by atoms with E-state index in [1.54, 1.807) is 5.56 Å². The van der Waals surface area contributed by atoms with Crippen molar-refractivity contribution in [3.05, 3.63) is 65.2 Å². The van der Waals surface area contributed by atoms with Crippen molar-refractivity contribution in [2.45, 2.75) is 84.0 Å². The van der Waals surface area contributed by atoms with Crippen LogP contribution in [0.2, 0.25) is 0 Å². The number of hydrogen-bond acceptors (Lipinski definition) is 1. The zero-order valence-corrected chi connectivity index (χ0v) is 18.0. The average Bonchev–Trinajstić information content (AvgIpc) is 2.74. The Hall–Kier alpha value is -1.76. The topological polar surface area (TPSA) is 9.23 Å². The molecule has 2 aromatic carbocycles. The van der Waals surface area contributed by atoms with Crippen LogP contribution in [0.1, 0.15) is 87.8 Å². The first-order valence-electron chi connectivity index (χ1n) is 11.5. The van der Waals surface area contributed by atoms with Crippen molar-refractivity contribution in [1.29, 1.82) is 0 Å². The lowest BCUT2D eigenvalue weighted by atomic mass is 9.79. The molecule has 0 aromatic heterocycles. The molecule has 1 fully saturated rings. The molecule has 0 heterocycles. The van der Waals surface area contributed by atoms with E-state index in [2.05, 4.69) is 62.4 Å². The van der Waals surface area contributed by atoms with Gasteiger partial charge in [0.15, 0.2) is 0 Å². The highest BCUT2D eigenvalue weighted by molar-refractivity contribution is 5.29. The van der Waals surface area contributed by atoms with Gasteiger partial charge in [-0.3, -0.25) is 0 Å². The van der Waals surface area contributed by atoms with E-state index in [4.69, 9.17) is 4.74 Å². The van der Waals surface area contributed by atoms with Gasteiger partial charge in [0, 0.05) is 0 Å². The molecule has 0 spiro atoms. The summed E-state index contributed by atoms with van der Waals surface area (Å²) in [7, 11) is 0. The molecule has 0 saturated heterocycles. The number of rotatable bonds is 10. The third-order valence-electron chi connectivity index (χ3n) is 6.36. The minimum atomic E-state index is 0.791. The second-order valence-corrected chi connectivity index (χ2v) is 8.75. The summed E-state index contributed by atoms with van der Waals surface area (Å²) < 4.78 is 5.85. The highest BCUT2D eigenvalue weighted by atomic mass is 16.5. The average molecular weight is 379 g/mol. The largest absolute Gasteiger partial charge is 0.494 e. The summed E-state index contributed by atoms with van der Waals surface area (Å²) in [6.45, 7) is 5.47. The maximum absolute atomic E-state index is 5.85. The molecule has 0 atom stereocenters.